The molecule has 0 spiro atoms. The summed E-state index contributed by atoms with van der Waals surface area (Å²) in [7, 11) is 0. The van der Waals surface area contributed by atoms with Crippen LogP contribution in [0.1, 0.15) is 21.7 Å². The first-order valence-electron chi connectivity index (χ1n) is 8.34. The normalized spacial score (nSPS) is 11.5. The van der Waals surface area contributed by atoms with Gasteiger partial charge in [0, 0.05) is 21.9 Å². The highest BCUT2D eigenvalue weighted by Crippen LogP contribution is 2.33. The summed E-state index contributed by atoms with van der Waals surface area (Å²) in [4.78, 5) is 15.3. The van der Waals surface area contributed by atoms with Crippen LogP contribution < -0.4 is 0 Å². The van der Waals surface area contributed by atoms with E-state index < -0.39 is 47.2 Å². The van der Waals surface area contributed by atoms with Crippen molar-refractivity contribution in [2.45, 2.75) is 13.5 Å². The quantitative estimate of drug-likeness (QED) is 0.298. The molecule has 0 aliphatic rings. The highest BCUT2D eigenvalue weighted by Gasteiger charge is 2.27. The molecule has 0 aliphatic heterocycles. The van der Waals surface area contributed by atoms with Crippen molar-refractivity contribution in [3.63, 3.8) is 0 Å². The maximum atomic E-state index is 14.2. The summed E-state index contributed by atoms with van der Waals surface area (Å²) in [6.07, 6.45) is 0. The Morgan fingerprint density at radius 1 is 0.966 bits per heavy atom. The van der Waals surface area contributed by atoms with Gasteiger partial charge in [0.25, 0.3) is 0 Å². The van der Waals surface area contributed by atoms with Crippen molar-refractivity contribution in [1.82, 2.24) is 9.55 Å². The molecule has 0 amide bonds. The van der Waals surface area contributed by atoms with Gasteiger partial charge in [0.1, 0.15) is 5.69 Å². The average Bonchev–Trinajstić information content (AvgIpc) is 3.02. The lowest BCUT2D eigenvalue weighted by atomic mass is 10.1. The summed E-state index contributed by atoms with van der Waals surface area (Å²) in [6.45, 7) is 0.841. The highest BCUT2D eigenvalue weighted by atomic mass is 19.2. The number of aromatic nitrogens is 2. The number of aromatic carboxylic acids is 1. The van der Waals surface area contributed by atoms with Crippen LogP contribution in [0.3, 0.4) is 0 Å². The Kier molecular flexibility index (Phi) is 4.25. The van der Waals surface area contributed by atoms with Crippen molar-refractivity contribution in [3.8, 4) is 0 Å². The molecule has 0 saturated carbocycles. The number of rotatable bonds is 3. The second kappa shape index (κ2) is 6.54. The second-order valence-corrected chi connectivity index (χ2v) is 6.45. The Hall–Kier alpha value is -3.49. The molecule has 0 unspecified atom stereocenters. The van der Waals surface area contributed by atoms with Gasteiger partial charge >= 0.3 is 5.97 Å². The fraction of sp³-hybridized carbons (Fsp3) is 0.100. The molecule has 0 bridgehead atoms. The molecule has 1 N–H and O–H groups in total. The Balaban J connectivity index is 2.06. The van der Waals surface area contributed by atoms with Crippen LogP contribution >= 0.6 is 0 Å². The van der Waals surface area contributed by atoms with Crippen LogP contribution in [0.2, 0.25) is 0 Å². The first-order chi connectivity index (χ1) is 13.7. The summed E-state index contributed by atoms with van der Waals surface area (Å²) in [5.41, 5.74) is -0.223. The molecule has 148 valence electrons. The molecule has 0 radical (unpaired) electrons. The molecule has 0 atom stereocenters. The maximum absolute atomic E-state index is 14.2. The zero-order valence-corrected chi connectivity index (χ0v) is 14.7. The third-order valence-electron chi connectivity index (χ3n) is 4.76. The van der Waals surface area contributed by atoms with E-state index in [9.17, 15) is 31.9 Å². The zero-order chi connectivity index (χ0) is 21.0. The van der Waals surface area contributed by atoms with Crippen LogP contribution in [-0.2, 0) is 6.54 Å². The molecular weight excluding hydrogens is 395 g/mol. The molecular formula is C20H11F5N2O2. The number of halogens is 5. The average molecular weight is 406 g/mol. The minimum absolute atomic E-state index is 0.228. The predicted octanol–water partition coefficient (Wildman–Crippen LogP) is 4.94. The summed E-state index contributed by atoms with van der Waals surface area (Å²) < 4.78 is 70.5. The number of fused-ring (bicyclic) bond motifs is 3. The van der Waals surface area contributed by atoms with Crippen molar-refractivity contribution in [1.29, 1.82) is 0 Å². The molecule has 0 aliphatic carbocycles. The van der Waals surface area contributed by atoms with E-state index in [4.69, 9.17) is 0 Å². The number of pyridine rings is 1. The van der Waals surface area contributed by atoms with E-state index in [1.54, 1.807) is 24.3 Å². The van der Waals surface area contributed by atoms with E-state index in [0.29, 0.717) is 21.8 Å². The van der Waals surface area contributed by atoms with Gasteiger partial charge in [0.2, 0.25) is 5.82 Å². The Morgan fingerprint density at radius 2 is 1.55 bits per heavy atom. The molecule has 0 saturated heterocycles. The first kappa shape index (κ1) is 18.9. The van der Waals surface area contributed by atoms with Gasteiger partial charge in [-0.15, -0.1) is 0 Å². The summed E-state index contributed by atoms with van der Waals surface area (Å²) in [6, 6.07) is 7.89. The molecule has 2 heterocycles. The Bertz CT molecular complexity index is 1300. The number of para-hydroxylation sites is 1. The van der Waals surface area contributed by atoms with E-state index in [2.05, 4.69) is 4.98 Å². The minimum atomic E-state index is -2.23. The van der Waals surface area contributed by atoms with Crippen LogP contribution in [0, 0.1) is 36.0 Å². The van der Waals surface area contributed by atoms with E-state index in [1.807, 2.05) is 0 Å². The third kappa shape index (κ3) is 2.72. The van der Waals surface area contributed by atoms with Gasteiger partial charge in [0.15, 0.2) is 23.3 Å². The van der Waals surface area contributed by atoms with Crippen LogP contribution in [0.4, 0.5) is 22.0 Å². The van der Waals surface area contributed by atoms with Crippen molar-refractivity contribution in [3.05, 3.63) is 76.4 Å². The van der Waals surface area contributed by atoms with E-state index in [-0.39, 0.29) is 11.4 Å². The van der Waals surface area contributed by atoms with Gasteiger partial charge in [-0.25, -0.2) is 31.7 Å². The number of hydrogen-bond acceptors (Lipinski definition) is 2. The maximum Gasteiger partial charge on any atom is 0.354 e. The number of carboxylic acid groups (broad SMARTS) is 1. The van der Waals surface area contributed by atoms with Crippen molar-refractivity contribution >= 4 is 27.8 Å². The largest absolute Gasteiger partial charge is 0.477 e. The van der Waals surface area contributed by atoms with Crippen molar-refractivity contribution in [2.24, 2.45) is 0 Å². The fourth-order valence-electron chi connectivity index (χ4n) is 3.49. The number of hydrogen-bond donors (Lipinski definition) is 1. The number of benzene rings is 2. The van der Waals surface area contributed by atoms with Crippen molar-refractivity contribution in [2.75, 3.05) is 0 Å². The molecule has 4 rings (SSSR count). The van der Waals surface area contributed by atoms with Gasteiger partial charge < -0.3 is 9.67 Å². The Morgan fingerprint density at radius 3 is 2.17 bits per heavy atom. The molecule has 2 aromatic carbocycles. The minimum Gasteiger partial charge on any atom is -0.477 e. The second-order valence-electron chi connectivity index (χ2n) is 6.45. The number of carbonyl (C=O) groups is 1. The van der Waals surface area contributed by atoms with Crippen LogP contribution in [-0.4, -0.2) is 20.6 Å². The monoisotopic (exact) mass is 406 g/mol. The third-order valence-corrected chi connectivity index (χ3v) is 4.76. The molecule has 9 heteroatoms. The molecule has 4 nitrogen and oxygen atoms in total. The topological polar surface area (TPSA) is 55.1 Å². The summed E-state index contributed by atoms with van der Waals surface area (Å²) in [5.74, 6) is -11.4. The highest BCUT2D eigenvalue weighted by molar-refractivity contribution is 6.10. The van der Waals surface area contributed by atoms with E-state index in [1.165, 1.54) is 17.6 Å². The van der Waals surface area contributed by atoms with Gasteiger partial charge in [-0.1, -0.05) is 18.2 Å². The van der Waals surface area contributed by atoms with Crippen LogP contribution in [0.5, 0.6) is 0 Å². The number of nitrogens with zero attached hydrogens (tertiary/aromatic N) is 2. The van der Waals surface area contributed by atoms with Gasteiger partial charge in [-0.05, 0) is 19.1 Å². The van der Waals surface area contributed by atoms with Gasteiger partial charge in [-0.3, -0.25) is 0 Å². The number of aryl methyl sites for hydroxylation is 1. The summed E-state index contributed by atoms with van der Waals surface area (Å²) in [5, 5.41) is 10.2. The van der Waals surface area contributed by atoms with Gasteiger partial charge in [0.05, 0.1) is 17.8 Å². The lowest BCUT2D eigenvalue weighted by Crippen LogP contribution is -2.12. The van der Waals surface area contributed by atoms with Crippen LogP contribution in [0.15, 0.2) is 30.3 Å². The zero-order valence-electron chi connectivity index (χ0n) is 14.7. The lowest BCUT2D eigenvalue weighted by Gasteiger charge is -2.12. The molecule has 2 aromatic heterocycles. The smallest absolute Gasteiger partial charge is 0.354 e. The lowest BCUT2D eigenvalue weighted by molar-refractivity contribution is 0.0690. The van der Waals surface area contributed by atoms with E-state index >= 15 is 0 Å². The Labute approximate surface area is 159 Å². The van der Waals surface area contributed by atoms with Crippen LogP contribution in [0.25, 0.3) is 21.8 Å². The fourth-order valence-corrected chi connectivity index (χ4v) is 3.49. The molecule has 29 heavy (non-hydrogen) atoms. The summed E-state index contributed by atoms with van der Waals surface area (Å²) >= 11 is 0. The first-order valence-corrected chi connectivity index (χ1v) is 8.34. The molecule has 0 fully saturated rings. The molecule has 4 aromatic rings. The SMILES string of the molecule is Cc1nc(C(=O)O)cc2c3ccccc3n(Cc3c(F)c(F)c(F)c(F)c3F)c12. The standard InChI is InChI=1S/C20H11F5N2O2/c1-8-19-10(6-12(26-8)20(28)29)9-4-2-3-5-13(9)27(19)7-11-14(21)16(23)18(25)17(24)15(11)22/h2-6H,7H2,1H3,(H,28,29). The van der Waals surface area contributed by atoms with Crippen molar-refractivity contribution < 1.29 is 31.9 Å². The van der Waals surface area contributed by atoms with E-state index in [0.717, 1.165) is 0 Å². The predicted molar refractivity (Wildman–Crippen MR) is 94.3 cm³/mol. The van der Waals surface area contributed by atoms with Gasteiger partial charge in [-0.2, -0.15) is 0 Å². The number of carboxylic acids is 1.